The molecule has 2 N–H and O–H groups in total. The summed E-state index contributed by atoms with van der Waals surface area (Å²) in [5.74, 6) is 0. The second-order valence-electron chi connectivity index (χ2n) is 3.92. The number of rotatable bonds is 4. The molecule has 2 rings (SSSR count). The van der Waals surface area contributed by atoms with Crippen LogP contribution in [0.15, 0.2) is 48.6 Å². The molecule has 0 amide bonds. The van der Waals surface area contributed by atoms with Gasteiger partial charge in [0.15, 0.2) is 0 Å². The molecule has 3 nitrogen and oxygen atoms in total. The van der Waals surface area contributed by atoms with Gasteiger partial charge < -0.3 is 10.3 Å². The van der Waals surface area contributed by atoms with E-state index in [1.54, 1.807) is 12.5 Å². The summed E-state index contributed by atoms with van der Waals surface area (Å²) in [5.41, 5.74) is 9.23. The molecule has 0 aliphatic carbocycles. The molecule has 0 unspecified atom stereocenters. The average Bonchev–Trinajstić information content (AvgIpc) is 2.90. The lowest BCUT2D eigenvalue weighted by Gasteiger charge is -2.04. The molecule has 17 heavy (non-hydrogen) atoms. The first kappa shape index (κ1) is 11.6. The van der Waals surface area contributed by atoms with Crippen molar-refractivity contribution in [1.29, 1.82) is 0 Å². The van der Waals surface area contributed by atoms with Crippen LogP contribution in [-0.4, -0.2) is 16.1 Å². The fraction of sp³-hybridized carbons (Fsp3) is 0.214. The van der Waals surface area contributed by atoms with Crippen LogP contribution in [0.5, 0.6) is 0 Å². The highest BCUT2D eigenvalue weighted by molar-refractivity contribution is 5.55. The number of nitrogens with two attached hydrogens (primary N) is 1. The molecule has 0 radical (unpaired) electrons. The molecule has 0 aliphatic heterocycles. The van der Waals surface area contributed by atoms with Crippen molar-refractivity contribution >= 4 is 6.08 Å². The SMILES string of the molecule is CCC(=Cc1ccc(-n2ccnc2)cc1)CN. The van der Waals surface area contributed by atoms with E-state index < -0.39 is 0 Å². The highest BCUT2D eigenvalue weighted by atomic mass is 15.0. The molecule has 88 valence electrons. The normalized spacial score (nSPS) is 11.8. The Balaban J connectivity index is 2.21. The Labute approximate surface area is 102 Å². The average molecular weight is 227 g/mol. The van der Waals surface area contributed by atoms with E-state index >= 15 is 0 Å². The zero-order chi connectivity index (χ0) is 12.1. The van der Waals surface area contributed by atoms with Crippen LogP contribution in [0.1, 0.15) is 18.9 Å². The Hall–Kier alpha value is -1.87. The van der Waals surface area contributed by atoms with Crippen molar-refractivity contribution in [2.75, 3.05) is 6.54 Å². The van der Waals surface area contributed by atoms with Gasteiger partial charge in [-0.15, -0.1) is 0 Å². The van der Waals surface area contributed by atoms with Gasteiger partial charge in [0, 0.05) is 24.6 Å². The first-order valence-corrected chi connectivity index (χ1v) is 5.81. The molecular weight excluding hydrogens is 210 g/mol. The smallest absolute Gasteiger partial charge is 0.0991 e. The maximum absolute atomic E-state index is 5.66. The molecule has 1 heterocycles. The molecule has 2 aromatic rings. The van der Waals surface area contributed by atoms with Gasteiger partial charge in [-0.2, -0.15) is 0 Å². The third-order valence-electron chi connectivity index (χ3n) is 2.78. The van der Waals surface area contributed by atoms with Crippen LogP contribution in [0.2, 0.25) is 0 Å². The summed E-state index contributed by atoms with van der Waals surface area (Å²) in [6.45, 7) is 2.75. The van der Waals surface area contributed by atoms with E-state index in [1.165, 1.54) is 11.1 Å². The fourth-order valence-electron chi connectivity index (χ4n) is 1.70. The van der Waals surface area contributed by atoms with Gasteiger partial charge >= 0.3 is 0 Å². The highest BCUT2D eigenvalue weighted by Gasteiger charge is 1.96. The monoisotopic (exact) mass is 227 g/mol. The number of imidazole rings is 1. The van der Waals surface area contributed by atoms with Crippen LogP contribution in [0.25, 0.3) is 11.8 Å². The van der Waals surface area contributed by atoms with Crippen LogP contribution < -0.4 is 5.73 Å². The van der Waals surface area contributed by atoms with Gasteiger partial charge in [-0.3, -0.25) is 0 Å². The Morgan fingerprint density at radius 1 is 1.35 bits per heavy atom. The zero-order valence-corrected chi connectivity index (χ0v) is 10.0. The third-order valence-corrected chi connectivity index (χ3v) is 2.78. The summed E-state index contributed by atoms with van der Waals surface area (Å²) in [6.07, 6.45) is 8.65. The molecule has 0 saturated heterocycles. The van der Waals surface area contributed by atoms with Crippen LogP contribution in [0.4, 0.5) is 0 Å². The number of hydrogen-bond acceptors (Lipinski definition) is 2. The quantitative estimate of drug-likeness (QED) is 0.872. The lowest BCUT2D eigenvalue weighted by atomic mass is 10.1. The predicted molar refractivity (Wildman–Crippen MR) is 70.9 cm³/mol. The standard InChI is InChI=1S/C14H17N3/c1-2-12(10-15)9-13-3-5-14(6-4-13)17-8-7-16-11-17/h3-9,11H,2,10,15H2,1H3. The number of benzene rings is 1. The molecule has 0 spiro atoms. The lowest BCUT2D eigenvalue weighted by molar-refractivity contribution is 1.02. The number of nitrogens with zero attached hydrogens (tertiary/aromatic N) is 2. The van der Waals surface area contributed by atoms with Crippen molar-refractivity contribution in [3.8, 4) is 5.69 Å². The fourth-order valence-corrected chi connectivity index (χ4v) is 1.70. The summed E-state index contributed by atoms with van der Waals surface area (Å²) in [4.78, 5) is 4.03. The van der Waals surface area contributed by atoms with Crippen LogP contribution >= 0.6 is 0 Å². The van der Waals surface area contributed by atoms with Gasteiger partial charge in [-0.25, -0.2) is 4.98 Å². The maximum Gasteiger partial charge on any atom is 0.0991 e. The second kappa shape index (κ2) is 5.46. The van der Waals surface area contributed by atoms with Crippen molar-refractivity contribution in [2.24, 2.45) is 5.73 Å². The number of aromatic nitrogens is 2. The minimum atomic E-state index is 0.625. The summed E-state index contributed by atoms with van der Waals surface area (Å²) >= 11 is 0. The summed E-state index contributed by atoms with van der Waals surface area (Å²) in [6, 6.07) is 8.36. The van der Waals surface area contributed by atoms with Crippen molar-refractivity contribution in [3.05, 3.63) is 54.1 Å². The molecule has 1 aromatic carbocycles. The zero-order valence-electron chi connectivity index (χ0n) is 10.0. The summed E-state index contributed by atoms with van der Waals surface area (Å²) in [5, 5.41) is 0. The molecule has 3 heteroatoms. The van der Waals surface area contributed by atoms with E-state index in [-0.39, 0.29) is 0 Å². The van der Waals surface area contributed by atoms with Crippen molar-refractivity contribution < 1.29 is 0 Å². The Morgan fingerprint density at radius 2 is 2.12 bits per heavy atom. The molecule has 0 saturated carbocycles. The minimum absolute atomic E-state index is 0.625. The van der Waals surface area contributed by atoms with Gasteiger partial charge in [0.25, 0.3) is 0 Å². The molecule has 0 atom stereocenters. The first-order valence-electron chi connectivity index (χ1n) is 5.81. The summed E-state index contributed by atoms with van der Waals surface area (Å²) < 4.78 is 1.98. The van der Waals surface area contributed by atoms with Crippen molar-refractivity contribution in [3.63, 3.8) is 0 Å². The number of hydrogen-bond donors (Lipinski definition) is 1. The van der Waals surface area contributed by atoms with Crippen molar-refractivity contribution in [2.45, 2.75) is 13.3 Å². The molecule has 0 aliphatic rings. The van der Waals surface area contributed by atoms with Gasteiger partial charge in [0.1, 0.15) is 0 Å². The Bertz CT molecular complexity index is 475. The van der Waals surface area contributed by atoms with E-state index in [0.29, 0.717) is 6.54 Å². The van der Waals surface area contributed by atoms with Gasteiger partial charge in [0.2, 0.25) is 0 Å². The Kier molecular flexibility index (Phi) is 3.73. The van der Waals surface area contributed by atoms with E-state index in [2.05, 4.69) is 42.2 Å². The first-order chi connectivity index (χ1) is 8.33. The molecular formula is C14H17N3. The van der Waals surface area contributed by atoms with Crippen LogP contribution in [0.3, 0.4) is 0 Å². The van der Waals surface area contributed by atoms with E-state index in [1.807, 2.05) is 10.8 Å². The van der Waals surface area contributed by atoms with Gasteiger partial charge in [0.05, 0.1) is 6.33 Å². The Morgan fingerprint density at radius 3 is 2.65 bits per heavy atom. The van der Waals surface area contributed by atoms with Gasteiger partial charge in [-0.1, -0.05) is 30.7 Å². The second-order valence-corrected chi connectivity index (χ2v) is 3.92. The summed E-state index contributed by atoms with van der Waals surface area (Å²) in [7, 11) is 0. The minimum Gasteiger partial charge on any atom is -0.327 e. The lowest BCUT2D eigenvalue weighted by Crippen LogP contribution is -2.01. The molecule has 0 fully saturated rings. The van der Waals surface area contributed by atoms with Crippen molar-refractivity contribution in [1.82, 2.24) is 9.55 Å². The topological polar surface area (TPSA) is 43.8 Å². The third kappa shape index (κ3) is 2.82. The predicted octanol–water partition coefficient (Wildman–Crippen LogP) is 2.62. The largest absolute Gasteiger partial charge is 0.327 e. The highest BCUT2D eigenvalue weighted by Crippen LogP contribution is 2.13. The van der Waals surface area contributed by atoms with E-state index in [9.17, 15) is 0 Å². The van der Waals surface area contributed by atoms with Crippen LogP contribution in [-0.2, 0) is 0 Å². The molecule has 0 bridgehead atoms. The molecule has 1 aromatic heterocycles. The van der Waals surface area contributed by atoms with Gasteiger partial charge in [-0.05, 0) is 24.1 Å². The maximum atomic E-state index is 5.66. The van der Waals surface area contributed by atoms with E-state index in [4.69, 9.17) is 5.73 Å². The van der Waals surface area contributed by atoms with E-state index in [0.717, 1.165) is 12.1 Å². The van der Waals surface area contributed by atoms with Crippen LogP contribution in [0, 0.1) is 0 Å².